The minimum atomic E-state index is -1.21. The third-order valence-electron chi connectivity index (χ3n) is 4.64. The summed E-state index contributed by atoms with van der Waals surface area (Å²) >= 11 is 0. The number of nitrogens with one attached hydrogen (secondary N) is 3. The van der Waals surface area contributed by atoms with Gasteiger partial charge in [-0.05, 0) is 32.1 Å². The fourth-order valence-electron chi connectivity index (χ4n) is 3.27. The van der Waals surface area contributed by atoms with Crippen molar-refractivity contribution >= 4 is 22.8 Å². The molecule has 0 radical (unpaired) electrons. The van der Waals surface area contributed by atoms with Crippen LogP contribution in [0.25, 0.3) is 0 Å². The SMILES string of the molecule is N#CC(CC1CCCNC1=O)NC(=O)CNS(=O)C1CCCCC1. The molecule has 3 unspecified atom stereocenters. The highest BCUT2D eigenvalue weighted by molar-refractivity contribution is 7.83. The summed E-state index contributed by atoms with van der Waals surface area (Å²) in [5, 5.41) is 14.7. The van der Waals surface area contributed by atoms with Crippen LogP contribution in [0.1, 0.15) is 51.4 Å². The van der Waals surface area contributed by atoms with E-state index in [2.05, 4.69) is 15.4 Å². The van der Waals surface area contributed by atoms with Crippen molar-refractivity contribution in [3.8, 4) is 6.07 Å². The minimum Gasteiger partial charge on any atom is -0.356 e. The lowest BCUT2D eigenvalue weighted by Crippen LogP contribution is -2.45. The van der Waals surface area contributed by atoms with Gasteiger partial charge < -0.3 is 10.6 Å². The van der Waals surface area contributed by atoms with Crippen LogP contribution in [0.4, 0.5) is 0 Å². The Morgan fingerprint density at radius 3 is 2.71 bits per heavy atom. The van der Waals surface area contributed by atoms with Crippen LogP contribution >= 0.6 is 0 Å². The van der Waals surface area contributed by atoms with E-state index in [0.717, 1.165) is 38.5 Å². The molecule has 1 aliphatic heterocycles. The largest absolute Gasteiger partial charge is 0.356 e. The first kappa shape index (κ1) is 18.9. The molecule has 1 saturated heterocycles. The number of nitrogens with zero attached hydrogens (tertiary/aromatic N) is 1. The molecule has 1 saturated carbocycles. The van der Waals surface area contributed by atoms with Crippen molar-refractivity contribution in [2.45, 2.75) is 62.7 Å². The summed E-state index contributed by atoms with van der Waals surface area (Å²) in [4.78, 5) is 23.7. The molecule has 2 rings (SSSR count). The summed E-state index contributed by atoms with van der Waals surface area (Å²) in [5.41, 5.74) is 0. The number of amides is 2. The van der Waals surface area contributed by atoms with Gasteiger partial charge in [0.25, 0.3) is 0 Å². The van der Waals surface area contributed by atoms with E-state index in [1.807, 2.05) is 6.07 Å². The Hall–Kier alpha value is -1.46. The Bertz CT molecular complexity index is 514. The van der Waals surface area contributed by atoms with Gasteiger partial charge in [0.1, 0.15) is 6.04 Å². The van der Waals surface area contributed by atoms with Crippen LogP contribution in [-0.2, 0) is 20.6 Å². The van der Waals surface area contributed by atoms with Gasteiger partial charge in [-0.25, -0.2) is 8.93 Å². The lowest BCUT2D eigenvalue weighted by molar-refractivity contribution is -0.127. The molecule has 24 heavy (non-hydrogen) atoms. The first-order valence-corrected chi connectivity index (χ1v) is 9.92. The summed E-state index contributed by atoms with van der Waals surface area (Å²) in [5.74, 6) is -0.637. The van der Waals surface area contributed by atoms with Crippen LogP contribution < -0.4 is 15.4 Å². The number of hydrogen-bond donors (Lipinski definition) is 3. The van der Waals surface area contributed by atoms with E-state index in [4.69, 9.17) is 0 Å². The Morgan fingerprint density at radius 2 is 2.04 bits per heavy atom. The first-order chi connectivity index (χ1) is 11.6. The molecule has 0 aromatic rings. The molecule has 3 atom stereocenters. The molecule has 2 fully saturated rings. The second-order valence-electron chi connectivity index (χ2n) is 6.49. The first-order valence-electron chi connectivity index (χ1n) is 8.71. The Kier molecular flexibility index (Phi) is 7.66. The molecule has 7 nitrogen and oxygen atoms in total. The van der Waals surface area contributed by atoms with E-state index in [1.165, 1.54) is 6.42 Å². The number of piperidine rings is 1. The fourth-order valence-corrected chi connectivity index (χ4v) is 4.54. The maximum Gasteiger partial charge on any atom is 0.235 e. The third kappa shape index (κ3) is 5.87. The van der Waals surface area contributed by atoms with Crippen molar-refractivity contribution in [3.05, 3.63) is 0 Å². The molecule has 134 valence electrons. The van der Waals surface area contributed by atoms with Crippen molar-refractivity contribution in [3.63, 3.8) is 0 Å². The quantitative estimate of drug-likeness (QED) is 0.618. The van der Waals surface area contributed by atoms with Crippen molar-refractivity contribution in [1.29, 1.82) is 5.26 Å². The summed E-state index contributed by atoms with van der Waals surface area (Å²) in [6, 6.07) is 1.34. The highest BCUT2D eigenvalue weighted by atomic mass is 32.2. The van der Waals surface area contributed by atoms with Crippen LogP contribution in [0.15, 0.2) is 0 Å². The molecule has 8 heteroatoms. The summed E-state index contributed by atoms with van der Waals surface area (Å²) in [6.07, 6.45) is 7.17. The Morgan fingerprint density at radius 1 is 1.29 bits per heavy atom. The van der Waals surface area contributed by atoms with Gasteiger partial charge in [-0.3, -0.25) is 9.59 Å². The minimum absolute atomic E-state index is 0.0488. The summed E-state index contributed by atoms with van der Waals surface area (Å²) in [6.45, 7) is 0.605. The number of nitriles is 1. The predicted octanol–water partition coefficient (Wildman–Crippen LogP) is 0.497. The number of hydrogen-bond acceptors (Lipinski definition) is 4. The van der Waals surface area contributed by atoms with Crippen molar-refractivity contribution in [2.24, 2.45) is 5.92 Å². The molecule has 0 aromatic heterocycles. The molecular formula is C16H26N4O3S. The standard InChI is InChI=1S/C16H26N4O3S/c17-10-13(9-12-5-4-8-18-16(12)22)20-15(21)11-19-24(23)14-6-2-1-3-7-14/h12-14,19H,1-9,11H2,(H,18,22)(H,20,21). The normalized spacial score (nSPS) is 24.5. The third-order valence-corrected chi connectivity index (χ3v) is 6.15. The smallest absolute Gasteiger partial charge is 0.235 e. The monoisotopic (exact) mass is 354 g/mol. The molecule has 3 N–H and O–H groups in total. The van der Waals surface area contributed by atoms with Gasteiger partial charge in [0.15, 0.2) is 0 Å². The zero-order chi connectivity index (χ0) is 17.4. The highest BCUT2D eigenvalue weighted by Crippen LogP contribution is 2.21. The molecule has 2 amide bonds. The zero-order valence-corrected chi connectivity index (χ0v) is 14.7. The highest BCUT2D eigenvalue weighted by Gasteiger charge is 2.26. The van der Waals surface area contributed by atoms with Gasteiger partial charge in [-0.15, -0.1) is 0 Å². The maximum atomic E-state index is 12.1. The lowest BCUT2D eigenvalue weighted by Gasteiger charge is -2.24. The van der Waals surface area contributed by atoms with Crippen molar-refractivity contribution in [2.75, 3.05) is 13.1 Å². The van der Waals surface area contributed by atoms with Gasteiger partial charge in [0.05, 0.1) is 23.6 Å². The molecule has 0 spiro atoms. The second-order valence-corrected chi connectivity index (χ2v) is 8.04. The molecule has 2 aliphatic rings. The molecule has 1 aliphatic carbocycles. The number of carbonyl (C=O) groups excluding carboxylic acids is 2. The van der Waals surface area contributed by atoms with Gasteiger partial charge >= 0.3 is 0 Å². The summed E-state index contributed by atoms with van der Waals surface area (Å²) in [7, 11) is -1.21. The van der Waals surface area contributed by atoms with E-state index in [-0.39, 0.29) is 29.5 Å². The maximum absolute atomic E-state index is 12.1. The second kappa shape index (κ2) is 9.74. The number of carbonyl (C=O) groups is 2. The van der Waals surface area contributed by atoms with E-state index < -0.39 is 17.0 Å². The van der Waals surface area contributed by atoms with E-state index in [9.17, 15) is 19.1 Å². The Balaban J connectivity index is 1.72. The van der Waals surface area contributed by atoms with Crippen molar-refractivity contribution < 1.29 is 13.8 Å². The van der Waals surface area contributed by atoms with Gasteiger partial charge in [-0.1, -0.05) is 19.3 Å². The lowest BCUT2D eigenvalue weighted by atomic mass is 9.92. The van der Waals surface area contributed by atoms with Gasteiger partial charge in [0, 0.05) is 17.7 Å². The van der Waals surface area contributed by atoms with Crippen LogP contribution in [0, 0.1) is 17.2 Å². The molecule has 0 bridgehead atoms. The molecular weight excluding hydrogens is 328 g/mol. The predicted molar refractivity (Wildman–Crippen MR) is 90.9 cm³/mol. The molecule has 1 heterocycles. The Labute approximate surface area is 145 Å². The topological polar surface area (TPSA) is 111 Å². The van der Waals surface area contributed by atoms with E-state index in [0.29, 0.717) is 13.0 Å². The van der Waals surface area contributed by atoms with Gasteiger partial charge in [-0.2, -0.15) is 5.26 Å². The van der Waals surface area contributed by atoms with E-state index >= 15 is 0 Å². The number of rotatable bonds is 7. The van der Waals surface area contributed by atoms with E-state index in [1.54, 1.807) is 0 Å². The zero-order valence-electron chi connectivity index (χ0n) is 13.9. The van der Waals surface area contributed by atoms with Crippen molar-refractivity contribution in [1.82, 2.24) is 15.4 Å². The molecule has 0 aromatic carbocycles. The van der Waals surface area contributed by atoms with Gasteiger partial charge in [0.2, 0.25) is 11.8 Å². The fraction of sp³-hybridized carbons (Fsp3) is 0.812. The summed E-state index contributed by atoms with van der Waals surface area (Å²) < 4.78 is 14.9. The van der Waals surface area contributed by atoms with Crippen LogP contribution in [0.5, 0.6) is 0 Å². The average Bonchev–Trinajstić information content (AvgIpc) is 2.61. The van der Waals surface area contributed by atoms with Crippen LogP contribution in [-0.4, -0.2) is 40.4 Å². The van der Waals surface area contributed by atoms with Crippen LogP contribution in [0.3, 0.4) is 0 Å². The average molecular weight is 354 g/mol. The van der Waals surface area contributed by atoms with Crippen LogP contribution in [0.2, 0.25) is 0 Å².